The van der Waals surface area contributed by atoms with Gasteiger partial charge in [-0.1, -0.05) is 45.0 Å². The summed E-state index contributed by atoms with van der Waals surface area (Å²) in [5, 5.41) is 7.54. The molecule has 0 aliphatic carbocycles. The first kappa shape index (κ1) is 23.2. The number of carbonyl (C=O) groups is 1. The van der Waals surface area contributed by atoms with E-state index in [1.54, 1.807) is 22.8 Å². The minimum absolute atomic E-state index is 0. The molecule has 1 saturated heterocycles. The first-order valence-corrected chi connectivity index (χ1v) is 9.62. The van der Waals surface area contributed by atoms with Gasteiger partial charge in [0, 0.05) is 39.9 Å². The smallest absolute Gasteiger partial charge is 0.246 e. The highest BCUT2D eigenvalue weighted by Crippen LogP contribution is 2.22. The van der Waals surface area contributed by atoms with E-state index in [-0.39, 0.29) is 35.3 Å². The Morgan fingerprint density at radius 2 is 1.90 bits per heavy atom. The van der Waals surface area contributed by atoms with Gasteiger partial charge >= 0.3 is 0 Å². The lowest BCUT2D eigenvalue weighted by Crippen LogP contribution is -2.55. The number of carbonyl (C=O) groups excluding carboxylic acids is 1. The maximum absolute atomic E-state index is 12.6. The molecule has 1 aliphatic heterocycles. The van der Waals surface area contributed by atoms with Gasteiger partial charge in [-0.25, -0.2) is 0 Å². The van der Waals surface area contributed by atoms with E-state index < -0.39 is 0 Å². The molecule has 7 nitrogen and oxygen atoms in total. The van der Waals surface area contributed by atoms with Crippen LogP contribution in [0.25, 0.3) is 0 Å². The van der Waals surface area contributed by atoms with Gasteiger partial charge in [0.15, 0.2) is 5.96 Å². The Kier molecular flexibility index (Phi) is 7.67. The molecule has 2 heterocycles. The van der Waals surface area contributed by atoms with Gasteiger partial charge in [-0.15, -0.1) is 24.0 Å². The summed E-state index contributed by atoms with van der Waals surface area (Å²) in [6.07, 6.45) is 3.59. The summed E-state index contributed by atoms with van der Waals surface area (Å²) in [6.45, 7) is 8.96. The molecule has 29 heavy (non-hydrogen) atoms. The molecule has 0 bridgehead atoms. The molecule has 1 N–H and O–H groups in total. The zero-order valence-electron chi connectivity index (χ0n) is 17.8. The van der Waals surface area contributed by atoms with Crippen LogP contribution >= 0.6 is 24.0 Å². The second-order valence-electron chi connectivity index (χ2n) is 8.19. The van der Waals surface area contributed by atoms with E-state index in [0.29, 0.717) is 19.6 Å². The topological polar surface area (TPSA) is 65.8 Å². The van der Waals surface area contributed by atoms with Crippen molar-refractivity contribution in [3.8, 4) is 0 Å². The van der Waals surface area contributed by atoms with Crippen LogP contribution in [0.1, 0.15) is 31.9 Å². The molecule has 1 fully saturated rings. The molecule has 0 unspecified atom stereocenters. The highest BCUT2D eigenvalue weighted by molar-refractivity contribution is 14.0. The van der Waals surface area contributed by atoms with Crippen molar-refractivity contribution in [3.63, 3.8) is 0 Å². The standard InChI is InChI=1S/C21H30N6O.HI/c1-21(2,3)17-8-6-16(7-9-17)12-23-20(22-4)26-10-11-27(19(28)15-26)18-13-24-25(5)14-18;/h6-9,13-14H,10-12,15H2,1-5H3,(H,22,23);1H. The Labute approximate surface area is 190 Å². The van der Waals surface area contributed by atoms with Crippen molar-refractivity contribution in [2.75, 3.05) is 31.6 Å². The third-order valence-electron chi connectivity index (χ3n) is 5.01. The predicted molar refractivity (Wildman–Crippen MR) is 128 cm³/mol. The maximum atomic E-state index is 12.6. The summed E-state index contributed by atoms with van der Waals surface area (Å²) >= 11 is 0. The van der Waals surface area contributed by atoms with Gasteiger partial charge in [0.2, 0.25) is 5.91 Å². The highest BCUT2D eigenvalue weighted by atomic mass is 127. The number of nitrogens with one attached hydrogen (secondary N) is 1. The number of benzene rings is 1. The van der Waals surface area contributed by atoms with Crippen molar-refractivity contribution in [3.05, 3.63) is 47.8 Å². The fraction of sp³-hybridized carbons (Fsp3) is 0.476. The Hall–Kier alpha value is -2.10. The fourth-order valence-electron chi connectivity index (χ4n) is 3.31. The first-order valence-electron chi connectivity index (χ1n) is 9.62. The molecule has 0 radical (unpaired) electrons. The lowest BCUT2D eigenvalue weighted by molar-refractivity contribution is -0.120. The largest absolute Gasteiger partial charge is 0.352 e. The molecule has 2 aromatic rings. The molecule has 1 aliphatic rings. The molecule has 0 spiro atoms. The molecule has 158 valence electrons. The third kappa shape index (κ3) is 5.71. The summed E-state index contributed by atoms with van der Waals surface area (Å²) in [7, 11) is 3.60. The number of aliphatic imine (C=N–C) groups is 1. The maximum Gasteiger partial charge on any atom is 0.246 e. The number of aromatic nitrogens is 2. The monoisotopic (exact) mass is 510 g/mol. The summed E-state index contributed by atoms with van der Waals surface area (Å²) in [5.41, 5.74) is 3.50. The number of amides is 1. The number of nitrogens with zero attached hydrogens (tertiary/aromatic N) is 5. The van der Waals surface area contributed by atoms with Gasteiger partial charge in [0.1, 0.15) is 6.54 Å². The van der Waals surface area contributed by atoms with Gasteiger partial charge in [-0.3, -0.25) is 14.5 Å². The van der Waals surface area contributed by atoms with Crippen molar-refractivity contribution >= 4 is 41.5 Å². The third-order valence-corrected chi connectivity index (χ3v) is 5.01. The van der Waals surface area contributed by atoms with Crippen LogP contribution in [0.4, 0.5) is 5.69 Å². The Bertz CT molecular complexity index is 853. The van der Waals surface area contributed by atoms with Crippen LogP contribution in [0.3, 0.4) is 0 Å². The number of rotatable bonds is 3. The Balaban J connectivity index is 0.00000300. The quantitative estimate of drug-likeness (QED) is 0.392. The van der Waals surface area contributed by atoms with Crippen LogP contribution in [0.2, 0.25) is 0 Å². The number of halogens is 1. The second kappa shape index (κ2) is 9.60. The molecular weight excluding hydrogens is 479 g/mol. The zero-order chi connectivity index (χ0) is 20.3. The van der Waals surface area contributed by atoms with E-state index in [1.807, 2.05) is 18.1 Å². The SMILES string of the molecule is CN=C(NCc1ccc(C(C)(C)C)cc1)N1CCN(c2cnn(C)c2)C(=O)C1.I. The average Bonchev–Trinajstić information content (AvgIpc) is 3.08. The van der Waals surface area contributed by atoms with Crippen molar-refractivity contribution in [1.82, 2.24) is 20.0 Å². The van der Waals surface area contributed by atoms with Crippen LogP contribution in [-0.2, 0) is 23.8 Å². The van der Waals surface area contributed by atoms with Gasteiger partial charge in [0.25, 0.3) is 0 Å². The van der Waals surface area contributed by atoms with Crippen LogP contribution in [0.15, 0.2) is 41.7 Å². The van der Waals surface area contributed by atoms with Gasteiger partial charge < -0.3 is 15.1 Å². The molecule has 1 aromatic carbocycles. The number of piperazine rings is 1. The lowest BCUT2D eigenvalue weighted by atomic mass is 9.87. The lowest BCUT2D eigenvalue weighted by Gasteiger charge is -2.35. The molecule has 3 rings (SSSR count). The number of hydrogen-bond donors (Lipinski definition) is 1. The van der Waals surface area contributed by atoms with E-state index in [4.69, 9.17) is 0 Å². The molecule has 0 atom stereocenters. The molecular formula is C21H31IN6O. The number of guanidine groups is 1. The number of hydrogen-bond acceptors (Lipinski definition) is 3. The van der Waals surface area contributed by atoms with Gasteiger partial charge in [-0.05, 0) is 16.5 Å². The second-order valence-corrected chi connectivity index (χ2v) is 8.19. The van der Waals surface area contributed by atoms with Crippen molar-refractivity contribution in [2.45, 2.75) is 32.7 Å². The van der Waals surface area contributed by atoms with E-state index in [2.05, 4.69) is 60.4 Å². The van der Waals surface area contributed by atoms with Gasteiger partial charge in [0.05, 0.1) is 11.9 Å². The fourth-order valence-corrected chi connectivity index (χ4v) is 3.31. The van der Waals surface area contributed by atoms with E-state index >= 15 is 0 Å². The highest BCUT2D eigenvalue weighted by Gasteiger charge is 2.27. The minimum Gasteiger partial charge on any atom is -0.352 e. The normalized spacial score (nSPS) is 15.3. The van der Waals surface area contributed by atoms with E-state index in [0.717, 1.165) is 18.2 Å². The molecule has 0 saturated carbocycles. The summed E-state index contributed by atoms with van der Waals surface area (Å²) in [5.74, 6) is 0.802. The Morgan fingerprint density at radius 1 is 1.21 bits per heavy atom. The minimum atomic E-state index is 0. The van der Waals surface area contributed by atoms with Crippen LogP contribution < -0.4 is 10.2 Å². The number of anilines is 1. The Morgan fingerprint density at radius 3 is 2.41 bits per heavy atom. The van der Waals surface area contributed by atoms with Crippen LogP contribution in [-0.4, -0.2) is 53.2 Å². The zero-order valence-corrected chi connectivity index (χ0v) is 20.2. The summed E-state index contributed by atoms with van der Waals surface area (Å²) in [4.78, 5) is 20.7. The van der Waals surface area contributed by atoms with E-state index in [1.165, 1.54) is 11.1 Å². The van der Waals surface area contributed by atoms with Crippen molar-refractivity contribution in [1.29, 1.82) is 0 Å². The predicted octanol–water partition coefficient (Wildman–Crippen LogP) is 2.76. The molecule has 8 heteroatoms. The number of aryl methyl sites for hydroxylation is 1. The van der Waals surface area contributed by atoms with Crippen molar-refractivity contribution in [2.24, 2.45) is 12.0 Å². The first-order chi connectivity index (χ1) is 13.3. The molecule has 1 amide bonds. The van der Waals surface area contributed by atoms with Gasteiger partial charge in [-0.2, -0.15) is 5.10 Å². The average molecular weight is 510 g/mol. The van der Waals surface area contributed by atoms with E-state index in [9.17, 15) is 4.79 Å². The van der Waals surface area contributed by atoms with Crippen molar-refractivity contribution < 1.29 is 4.79 Å². The van der Waals surface area contributed by atoms with Crippen LogP contribution in [0, 0.1) is 0 Å². The summed E-state index contributed by atoms with van der Waals surface area (Å²) in [6, 6.07) is 8.64. The molecule has 1 aromatic heterocycles. The summed E-state index contributed by atoms with van der Waals surface area (Å²) < 4.78 is 1.71. The van der Waals surface area contributed by atoms with Crippen LogP contribution in [0.5, 0.6) is 0 Å².